The van der Waals surface area contributed by atoms with Gasteiger partial charge in [-0.2, -0.15) is 0 Å². The highest BCUT2D eigenvalue weighted by Gasteiger charge is 2.11. The largest absolute Gasteiger partial charge is 0.493 e. The molecule has 1 rings (SSSR count). The van der Waals surface area contributed by atoms with Gasteiger partial charge >= 0.3 is 0 Å². The van der Waals surface area contributed by atoms with Gasteiger partial charge in [0, 0.05) is 45.5 Å². The van der Waals surface area contributed by atoms with Crippen molar-refractivity contribution in [3.05, 3.63) is 24.3 Å². The van der Waals surface area contributed by atoms with Crippen LogP contribution in [0.4, 0.5) is 5.69 Å². The zero-order valence-corrected chi connectivity index (χ0v) is 13.9. The molecule has 0 bridgehead atoms. The number of hydrogen-bond donors (Lipinski definition) is 2. The summed E-state index contributed by atoms with van der Waals surface area (Å²) in [6, 6.07) is 7.28. The molecule has 0 heterocycles. The fourth-order valence-corrected chi connectivity index (χ4v) is 1.74. The Hall–Kier alpha value is -1.34. The van der Waals surface area contributed by atoms with Gasteiger partial charge in [0.05, 0.1) is 19.1 Å². The van der Waals surface area contributed by atoms with E-state index in [1.54, 1.807) is 20.3 Å². The number of benzene rings is 1. The lowest BCUT2D eigenvalue weighted by Gasteiger charge is -2.13. The number of anilines is 1. The number of hydrogen-bond acceptors (Lipinski definition) is 5. The maximum absolute atomic E-state index is 11.8. The molecule has 1 aromatic carbocycles. The molecular formula is C15H25ClN2O4. The number of halogens is 1. The fourth-order valence-electron chi connectivity index (χ4n) is 1.74. The Morgan fingerprint density at radius 3 is 2.73 bits per heavy atom. The molecular weight excluding hydrogens is 308 g/mol. The molecule has 0 aliphatic carbocycles. The Kier molecular flexibility index (Phi) is 11.5. The number of nitrogens with one attached hydrogen (secondary N) is 1. The van der Waals surface area contributed by atoms with Gasteiger partial charge in [0.15, 0.2) is 0 Å². The van der Waals surface area contributed by atoms with Crippen molar-refractivity contribution in [2.75, 3.05) is 39.3 Å². The van der Waals surface area contributed by atoms with Crippen LogP contribution in [-0.2, 0) is 14.3 Å². The van der Waals surface area contributed by atoms with Crippen LogP contribution in [0.3, 0.4) is 0 Å². The van der Waals surface area contributed by atoms with Gasteiger partial charge in [-0.3, -0.25) is 4.79 Å². The smallest absolute Gasteiger partial charge is 0.227 e. The minimum Gasteiger partial charge on any atom is -0.493 e. The number of carbonyl (C=O) groups is 1. The predicted octanol–water partition coefficient (Wildman–Crippen LogP) is 1.83. The summed E-state index contributed by atoms with van der Waals surface area (Å²) in [5.74, 6) is 0.579. The molecule has 0 saturated heterocycles. The summed E-state index contributed by atoms with van der Waals surface area (Å²) in [6.45, 7) is 1.55. The number of nitrogens with two attached hydrogens (primary N) is 1. The number of amides is 1. The lowest BCUT2D eigenvalue weighted by molar-refractivity contribution is -0.118. The van der Waals surface area contributed by atoms with Gasteiger partial charge in [-0.25, -0.2) is 0 Å². The SMILES string of the molecule is COCCCOc1cccc(NC(=O)CC(CN)OC)c1.Cl. The van der Waals surface area contributed by atoms with Gasteiger partial charge in [0.25, 0.3) is 0 Å². The first-order chi connectivity index (χ1) is 10.2. The molecule has 3 N–H and O–H groups in total. The second kappa shape index (κ2) is 12.2. The molecule has 6 nitrogen and oxygen atoms in total. The lowest BCUT2D eigenvalue weighted by atomic mass is 10.2. The Bertz CT molecular complexity index is 428. The molecule has 0 saturated carbocycles. The van der Waals surface area contributed by atoms with Crippen molar-refractivity contribution < 1.29 is 19.0 Å². The van der Waals surface area contributed by atoms with Crippen molar-refractivity contribution in [1.29, 1.82) is 0 Å². The van der Waals surface area contributed by atoms with E-state index >= 15 is 0 Å². The molecule has 1 aromatic rings. The van der Waals surface area contributed by atoms with E-state index in [1.807, 2.05) is 18.2 Å². The number of ether oxygens (including phenoxy) is 3. The summed E-state index contributed by atoms with van der Waals surface area (Å²) in [7, 11) is 3.20. The fraction of sp³-hybridized carbons (Fsp3) is 0.533. The van der Waals surface area contributed by atoms with Gasteiger partial charge in [0.2, 0.25) is 5.91 Å². The molecule has 1 unspecified atom stereocenters. The van der Waals surface area contributed by atoms with Gasteiger partial charge in [-0.15, -0.1) is 12.4 Å². The molecule has 0 radical (unpaired) electrons. The number of methoxy groups -OCH3 is 2. The van der Waals surface area contributed by atoms with Gasteiger partial charge in [0.1, 0.15) is 5.75 Å². The van der Waals surface area contributed by atoms with E-state index in [1.165, 1.54) is 0 Å². The van der Waals surface area contributed by atoms with Crippen LogP contribution in [0.15, 0.2) is 24.3 Å². The van der Waals surface area contributed by atoms with Crippen LogP contribution in [0.5, 0.6) is 5.75 Å². The highest BCUT2D eigenvalue weighted by molar-refractivity contribution is 5.91. The van der Waals surface area contributed by atoms with Crippen molar-refractivity contribution >= 4 is 24.0 Å². The van der Waals surface area contributed by atoms with E-state index < -0.39 is 0 Å². The zero-order valence-electron chi connectivity index (χ0n) is 13.0. The monoisotopic (exact) mass is 332 g/mol. The van der Waals surface area contributed by atoms with Crippen molar-refractivity contribution in [1.82, 2.24) is 0 Å². The zero-order chi connectivity index (χ0) is 15.5. The van der Waals surface area contributed by atoms with Crippen molar-refractivity contribution in [2.45, 2.75) is 18.9 Å². The summed E-state index contributed by atoms with van der Waals surface area (Å²) in [5.41, 5.74) is 6.18. The molecule has 126 valence electrons. The van der Waals surface area contributed by atoms with E-state index in [2.05, 4.69) is 5.32 Å². The Labute approximate surface area is 137 Å². The Morgan fingerprint density at radius 1 is 1.32 bits per heavy atom. The highest BCUT2D eigenvalue weighted by atomic mass is 35.5. The number of carbonyl (C=O) groups excluding carboxylic acids is 1. The minimum absolute atomic E-state index is 0. The summed E-state index contributed by atoms with van der Waals surface area (Å²) in [4.78, 5) is 11.8. The topological polar surface area (TPSA) is 82.8 Å². The molecule has 0 aliphatic heterocycles. The lowest BCUT2D eigenvalue weighted by Crippen LogP contribution is -2.28. The molecule has 7 heteroatoms. The van der Waals surface area contributed by atoms with Crippen LogP contribution in [0, 0.1) is 0 Å². The molecule has 0 aromatic heterocycles. The summed E-state index contributed by atoms with van der Waals surface area (Å²) in [6.07, 6.45) is 0.781. The van der Waals surface area contributed by atoms with Crippen molar-refractivity contribution in [3.8, 4) is 5.75 Å². The molecule has 22 heavy (non-hydrogen) atoms. The predicted molar refractivity (Wildman–Crippen MR) is 88.8 cm³/mol. The molecule has 0 fully saturated rings. The average Bonchev–Trinajstić information content (AvgIpc) is 2.49. The van der Waals surface area contributed by atoms with E-state index in [4.69, 9.17) is 19.9 Å². The first kappa shape index (κ1) is 20.7. The summed E-state index contributed by atoms with van der Waals surface area (Å²) < 4.78 is 15.6. The van der Waals surface area contributed by atoms with E-state index in [0.29, 0.717) is 31.2 Å². The molecule has 1 amide bonds. The van der Waals surface area contributed by atoms with Crippen LogP contribution < -0.4 is 15.8 Å². The van der Waals surface area contributed by atoms with E-state index in [0.717, 1.165) is 6.42 Å². The van der Waals surface area contributed by atoms with Crippen molar-refractivity contribution in [2.24, 2.45) is 5.73 Å². The quantitative estimate of drug-likeness (QED) is 0.639. The van der Waals surface area contributed by atoms with Crippen LogP contribution in [-0.4, -0.2) is 46.0 Å². The first-order valence-electron chi connectivity index (χ1n) is 6.94. The van der Waals surface area contributed by atoms with Crippen molar-refractivity contribution in [3.63, 3.8) is 0 Å². The normalized spacial score (nSPS) is 11.4. The summed E-state index contributed by atoms with van der Waals surface area (Å²) >= 11 is 0. The molecule has 1 atom stereocenters. The highest BCUT2D eigenvalue weighted by Crippen LogP contribution is 2.18. The first-order valence-corrected chi connectivity index (χ1v) is 6.94. The number of rotatable bonds is 10. The van der Waals surface area contributed by atoms with Gasteiger partial charge in [-0.1, -0.05) is 6.07 Å². The van der Waals surface area contributed by atoms with Crippen LogP contribution >= 0.6 is 12.4 Å². The minimum atomic E-state index is -0.265. The standard InChI is InChI=1S/C15H24N2O4.ClH/c1-19-7-4-8-21-13-6-3-5-12(9-13)17-15(18)10-14(11-16)20-2;/h3,5-6,9,14H,4,7-8,10-11,16H2,1-2H3,(H,17,18);1H. The van der Waals surface area contributed by atoms with Crippen LogP contribution in [0.25, 0.3) is 0 Å². The van der Waals surface area contributed by atoms with E-state index in [-0.39, 0.29) is 30.8 Å². The Balaban J connectivity index is 0.00000441. The Morgan fingerprint density at radius 2 is 2.09 bits per heavy atom. The average molecular weight is 333 g/mol. The van der Waals surface area contributed by atoms with Crippen LogP contribution in [0.1, 0.15) is 12.8 Å². The third kappa shape index (κ3) is 8.19. The van der Waals surface area contributed by atoms with Gasteiger partial charge < -0.3 is 25.3 Å². The molecule has 0 aliphatic rings. The summed E-state index contributed by atoms with van der Waals surface area (Å²) in [5, 5.41) is 2.80. The van der Waals surface area contributed by atoms with Gasteiger partial charge in [-0.05, 0) is 12.1 Å². The maximum Gasteiger partial charge on any atom is 0.227 e. The third-order valence-electron chi connectivity index (χ3n) is 2.89. The third-order valence-corrected chi connectivity index (χ3v) is 2.89. The second-order valence-corrected chi connectivity index (χ2v) is 4.57. The molecule has 0 spiro atoms. The van der Waals surface area contributed by atoms with E-state index in [9.17, 15) is 4.79 Å². The second-order valence-electron chi connectivity index (χ2n) is 4.57. The maximum atomic E-state index is 11.8. The van der Waals surface area contributed by atoms with Crippen LogP contribution in [0.2, 0.25) is 0 Å².